The molecule has 2 nitrogen and oxygen atoms in total. The van der Waals surface area contributed by atoms with Gasteiger partial charge in [0.2, 0.25) is 0 Å². The summed E-state index contributed by atoms with van der Waals surface area (Å²) in [5.74, 6) is 0. The maximum Gasteiger partial charge on any atom is 0.0975 e. The van der Waals surface area contributed by atoms with E-state index in [1.54, 1.807) is 0 Å². The molecule has 0 bridgehead atoms. The zero-order chi connectivity index (χ0) is 15.3. The minimum absolute atomic E-state index is 0.0267. The van der Waals surface area contributed by atoms with Crippen molar-refractivity contribution in [1.29, 1.82) is 0 Å². The molecule has 1 rings (SSSR count). The number of nitrogens with one attached hydrogen (secondary N) is 1. The second-order valence-electron chi connectivity index (χ2n) is 5.58. The van der Waals surface area contributed by atoms with E-state index in [2.05, 4.69) is 27.2 Å². The van der Waals surface area contributed by atoms with E-state index in [-0.39, 0.29) is 10.8 Å². The molecule has 2 unspecified atom stereocenters. The largest absolute Gasteiger partial charge is 0.242 e. The van der Waals surface area contributed by atoms with E-state index in [0.29, 0.717) is 5.02 Å². The lowest BCUT2D eigenvalue weighted by Gasteiger charge is -2.25. The normalized spacial score (nSPS) is 14.8. The van der Waals surface area contributed by atoms with Crippen molar-refractivity contribution in [1.82, 2.24) is 4.72 Å². The monoisotopic (exact) mass is 377 g/mol. The molecule has 0 fully saturated rings. The molecule has 0 heterocycles. The summed E-state index contributed by atoms with van der Waals surface area (Å²) in [7, 11) is -1.13. The summed E-state index contributed by atoms with van der Waals surface area (Å²) in [4.78, 5) is 0. The van der Waals surface area contributed by atoms with Crippen LogP contribution in [0.4, 0.5) is 0 Å². The van der Waals surface area contributed by atoms with Crippen LogP contribution in [0.5, 0.6) is 0 Å². The van der Waals surface area contributed by atoms with Gasteiger partial charge in [-0.25, -0.2) is 8.93 Å². The SMILES string of the molecule is C=CCCC(NS(=O)C(C)(C)C)c1cc(Cl)ccc1Br. The van der Waals surface area contributed by atoms with Crippen molar-refractivity contribution in [2.45, 2.75) is 44.4 Å². The predicted octanol–water partition coefficient (Wildman–Crippen LogP) is 5.16. The van der Waals surface area contributed by atoms with Crippen molar-refractivity contribution in [3.8, 4) is 0 Å². The van der Waals surface area contributed by atoms with E-state index in [9.17, 15) is 4.21 Å². The molecule has 0 spiro atoms. The minimum atomic E-state index is -1.13. The highest BCUT2D eigenvalue weighted by atomic mass is 79.9. The third-order valence-corrected chi connectivity index (χ3v) is 5.37. The Morgan fingerprint density at radius 2 is 2.15 bits per heavy atom. The molecule has 1 aromatic carbocycles. The Bertz CT molecular complexity index is 499. The van der Waals surface area contributed by atoms with Crippen molar-refractivity contribution in [2.24, 2.45) is 0 Å². The van der Waals surface area contributed by atoms with Crippen LogP contribution in [0.1, 0.15) is 45.2 Å². The summed E-state index contributed by atoms with van der Waals surface area (Å²) in [6.07, 6.45) is 3.54. The Morgan fingerprint density at radius 3 is 2.70 bits per heavy atom. The van der Waals surface area contributed by atoms with Gasteiger partial charge >= 0.3 is 0 Å². The maximum atomic E-state index is 12.3. The number of rotatable bonds is 6. The Morgan fingerprint density at radius 1 is 1.50 bits per heavy atom. The van der Waals surface area contributed by atoms with E-state index < -0.39 is 11.0 Å². The molecular formula is C15H21BrClNOS. The van der Waals surface area contributed by atoms with Crippen LogP contribution in [0.25, 0.3) is 0 Å². The van der Waals surface area contributed by atoms with Crippen LogP contribution in [0.3, 0.4) is 0 Å². The maximum absolute atomic E-state index is 12.3. The summed E-state index contributed by atoms with van der Waals surface area (Å²) in [5.41, 5.74) is 1.02. The van der Waals surface area contributed by atoms with Crippen LogP contribution < -0.4 is 4.72 Å². The van der Waals surface area contributed by atoms with Crippen LogP contribution >= 0.6 is 27.5 Å². The molecule has 20 heavy (non-hydrogen) atoms. The van der Waals surface area contributed by atoms with Crippen molar-refractivity contribution in [3.05, 3.63) is 45.9 Å². The van der Waals surface area contributed by atoms with Gasteiger partial charge in [-0.05, 0) is 57.4 Å². The first-order valence-electron chi connectivity index (χ1n) is 6.49. The highest BCUT2D eigenvalue weighted by Gasteiger charge is 2.24. The Balaban J connectivity index is 3.02. The van der Waals surface area contributed by atoms with Gasteiger partial charge in [-0.2, -0.15) is 0 Å². The molecule has 0 radical (unpaired) electrons. The van der Waals surface area contributed by atoms with Crippen molar-refractivity contribution >= 4 is 38.5 Å². The van der Waals surface area contributed by atoms with Crippen LogP contribution in [-0.4, -0.2) is 8.96 Å². The first-order valence-corrected chi connectivity index (χ1v) is 8.81. The third-order valence-electron chi connectivity index (χ3n) is 2.80. The summed E-state index contributed by atoms with van der Waals surface area (Å²) in [6, 6.07) is 5.63. The molecular weight excluding hydrogens is 358 g/mol. The number of allylic oxidation sites excluding steroid dienone is 1. The van der Waals surface area contributed by atoms with Gasteiger partial charge in [0.15, 0.2) is 0 Å². The van der Waals surface area contributed by atoms with Gasteiger partial charge in [-0.1, -0.05) is 33.6 Å². The second kappa shape index (κ2) is 7.74. The molecule has 0 saturated heterocycles. The molecule has 0 saturated carbocycles. The van der Waals surface area contributed by atoms with E-state index >= 15 is 0 Å². The molecule has 112 valence electrons. The summed E-state index contributed by atoms with van der Waals surface area (Å²) < 4.78 is 16.2. The van der Waals surface area contributed by atoms with E-state index in [4.69, 9.17) is 11.6 Å². The molecule has 0 aliphatic carbocycles. The highest BCUT2D eigenvalue weighted by Crippen LogP contribution is 2.30. The van der Waals surface area contributed by atoms with Crippen molar-refractivity contribution in [3.63, 3.8) is 0 Å². The fraction of sp³-hybridized carbons (Fsp3) is 0.467. The first-order chi connectivity index (χ1) is 9.25. The van der Waals surface area contributed by atoms with Gasteiger partial charge in [0.05, 0.1) is 15.7 Å². The molecule has 2 atom stereocenters. The smallest absolute Gasteiger partial charge is 0.0975 e. The van der Waals surface area contributed by atoms with Crippen LogP contribution in [0.15, 0.2) is 35.3 Å². The van der Waals surface area contributed by atoms with Gasteiger partial charge < -0.3 is 0 Å². The zero-order valence-corrected chi connectivity index (χ0v) is 15.2. The summed E-state index contributed by atoms with van der Waals surface area (Å²) in [5, 5.41) is 0.676. The summed E-state index contributed by atoms with van der Waals surface area (Å²) >= 11 is 9.62. The Labute approximate surface area is 137 Å². The molecule has 0 aliphatic heterocycles. The van der Waals surface area contributed by atoms with Gasteiger partial charge in [0.25, 0.3) is 0 Å². The number of halogens is 2. The molecule has 0 aliphatic rings. The van der Waals surface area contributed by atoms with Crippen LogP contribution in [0.2, 0.25) is 5.02 Å². The van der Waals surface area contributed by atoms with Crippen molar-refractivity contribution in [2.75, 3.05) is 0 Å². The minimum Gasteiger partial charge on any atom is -0.242 e. The average molecular weight is 379 g/mol. The van der Waals surface area contributed by atoms with Gasteiger partial charge in [0, 0.05) is 15.5 Å². The van der Waals surface area contributed by atoms with Crippen LogP contribution in [0, 0.1) is 0 Å². The second-order valence-corrected chi connectivity index (χ2v) is 8.87. The number of benzene rings is 1. The third kappa shape index (κ3) is 5.32. The fourth-order valence-electron chi connectivity index (χ4n) is 1.65. The lowest BCUT2D eigenvalue weighted by atomic mass is 10.0. The Kier molecular flexibility index (Phi) is 6.92. The standard InChI is InChI=1S/C15H21BrClNOS/c1-5-6-7-14(18-20(19)15(2,3)4)12-10-11(17)8-9-13(12)16/h5,8-10,14,18H,1,6-7H2,2-4H3. The number of hydrogen-bond donors (Lipinski definition) is 1. The molecule has 5 heteroatoms. The van der Waals surface area contributed by atoms with E-state index in [0.717, 1.165) is 22.9 Å². The van der Waals surface area contributed by atoms with E-state index in [1.807, 2.05) is 45.0 Å². The molecule has 1 N–H and O–H groups in total. The molecule has 0 amide bonds. The predicted molar refractivity (Wildman–Crippen MR) is 92.4 cm³/mol. The van der Waals surface area contributed by atoms with Gasteiger partial charge in [-0.3, -0.25) is 0 Å². The molecule has 0 aromatic heterocycles. The topological polar surface area (TPSA) is 29.1 Å². The first kappa shape index (κ1) is 17.9. The summed E-state index contributed by atoms with van der Waals surface area (Å²) in [6.45, 7) is 9.61. The number of hydrogen-bond acceptors (Lipinski definition) is 1. The fourth-order valence-corrected chi connectivity index (χ4v) is 3.21. The molecule has 1 aromatic rings. The van der Waals surface area contributed by atoms with Crippen LogP contribution in [-0.2, 0) is 11.0 Å². The highest BCUT2D eigenvalue weighted by molar-refractivity contribution is 9.10. The zero-order valence-electron chi connectivity index (χ0n) is 12.1. The lowest BCUT2D eigenvalue weighted by molar-refractivity contribution is 0.573. The lowest BCUT2D eigenvalue weighted by Crippen LogP contribution is -2.35. The average Bonchev–Trinajstić information content (AvgIpc) is 2.36. The van der Waals surface area contributed by atoms with E-state index in [1.165, 1.54) is 0 Å². The van der Waals surface area contributed by atoms with Gasteiger partial charge in [-0.15, -0.1) is 6.58 Å². The van der Waals surface area contributed by atoms with Crippen molar-refractivity contribution < 1.29 is 4.21 Å². The van der Waals surface area contributed by atoms with Gasteiger partial charge in [0.1, 0.15) is 0 Å². The quantitative estimate of drug-likeness (QED) is 0.680. The Hall–Kier alpha value is -0.160.